The maximum atomic E-state index is 5.12. The normalized spacial score (nSPS) is 13.0. The van der Waals surface area contributed by atoms with Crippen LogP contribution in [-0.4, -0.2) is 11.2 Å². The molecule has 0 radical (unpaired) electrons. The summed E-state index contributed by atoms with van der Waals surface area (Å²) in [5.41, 5.74) is 6.53. The van der Waals surface area contributed by atoms with Gasteiger partial charge in [0.05, 0.1) is 11.2 Å². The molecule has 0 fully saturated rings. The lowest BCUT2D eigenvalue weighted by atomic mass is 9.95. The highest BCUT2D eigenvalue weighted by molar-refractivity contribution is 7.98. The number of benzene rings is 3. The zero-order chi connectivity index (χ0) is 16.8. The molecule has 1 aliphatic rings. The molecule has 0 aliphatic heterocycles. The lowest BCUT2D eigenvalue weighted by Gasteiger charge is -2.14. The number of hydrogen-bond donors (Lipinski definition) is 0. The quantitative estimate of drug-likeness (QED) is 0.285. The van der Waals surface area contributed by atoms with E-state index in [9.17, 15) is 0 Å². The standard InChI is InChI=1S/C23H19NS.ClH/c1-25-17-12-9-16(10-13-17)23-20-8-4-7-19(20)22-18-6-3-2-5-15(18)11-14-21(22)24-23;/h2-3,5-6,9-14H,4,7-8H2,1H3;1H. The fourth-order valence-corrected chi connectivity index (χ4v) is 4.54. The molecule has 0 unspecified atom stereocenters. The smallest absolute Gasteiger partial charge is 0.0744 e. The van der Waals surface area contributed by atoms with E-state index >= 15 is 0 Å². The molecule has 1 aliphatic carbocycles. The van der Waals surface area contributed by atoms with Gasteiger partial charge in [-0.25, -0.2) is 4.98 Å². The van der Waals surface area contributed by atoms with E-state index in [1.165, 1.54) is 49.9 Å². The van der Waals surface area contributed by atoms with Gasteiger partial charge in [0.1, 0.15) is 0 Å². The van der Waals surface area contributed by atoms with E-state index in [0.29, 0.717) is 0 Å². The molecule has 0 bridgehead atoms. The molecular formula is C23H20ClNS. The van der Waals surface area contributed by atoms with E-state index in [2.05, 4.69) is 66.9 Å². The number of hydrogen-bond acceptors (Lipinski definition) is 2. The lowest BCUT2D eigenvalue weighted by Crippen LogP contribution is -1.96. The van der Waals surface area contributed by atoms with Gasteiger partial charge in [-0.2, -0.15) is 0 Å². The summed E-state index contributed by atoms with van der Waals surface area (Å²) in [6, 6.07) is 21.9. The Morgan fingerprint density at radius 1 is 0.846 bits per heavy atom. The van der Waals surface area contributed by atoms with Gasteiger partial charge in [-0.05, 0) is 65.6 Å². The second-order valence-electron chi connectivity index (χ2n) is 6.68. The van der Waals surface area contributed by atoms with E-state index in [4.69, 9.17) is 4.98 Å². The number of pyridine rings is 1. The minimum Gasteiger partial charge on any atom is -0.247 e. The molecule has 1 nitrogen and oxygen atoms in total. The summed E-state index contributed by atoms with van der Waals surface area (Å²) in [6.45, 7) is 0. The van der Waals surface area contributed by atoms with Crippen LogP contribution in [0.25, 0.3) is 32.9 Å². The monoisotopic (exact) mass is 377 g/mol. The van der Waals surface area contributed by atoms with Crippen LogP contribution in [0.2, 0.25) is 0 Å². The first-order valence-corrected chi connectivity index (χ1v) is 10.1. The molecule has 3 aromatic carbocycles. The molecule has 0 atom stereocenters. The molecule has 4 aromatic rings. The highest BCUT2D eigenvalue weighted by atomic mass is 35.5. The Bertz CT molecular complexity index is 1100. The molecule has 130 valence electrons. The van der Waals surface area contributed by atoms with Crippen molar-refractivity contribution in [2.45, 2.75) is 24.2 Å². The highest BCUT2D eigenvalue weighted by Gasteiger charge is 2.21. The Morgan fingerprint density at radius 3 is 2.42 bits per heavy atom. The number of nitrogens with zero attached hydrogens (tertiary/aromatic N) is 1. The fourth-order valence-electron chi connectivity index (χ4n) is 4.13. The van der Waals surface area contributed by atoms with Gasteiger partial charge in [0.15, 0.2) is 0 Å². The van der Waals surface area contributed by atoms with Gasteiger partial charge in [-0.15, -0.1) is 24.2 Å². The average Bonchev–Trinajstić information content (AvgIpc) is 3.17. The van der Waals surface area contributed by atoms with Crippen LogP contribution in [0.1, 0.15) is 17.5 Å². The summed E-state index contributed by atoms with van der Waals surface area (Å²) < 4.78 is 0. The van der Waals surface area contributed by atoms with Crippen LogP contribution in [0.5, 0.6) is 0 Å². The molecule has 26 heavy (non-hydrogen) atoms. The van der Waals surface area contributed by atoms with Crippen LogP contribution in [0.15, 0.2) is 65.6 Å². The Labute approximate surface area is 164 Å². The van der Waals surface area contributed by atoms with Crippen molar-refractivity contribution in [3.63, 3.8) is 0 Å². The first-order chi connectivity index (χ1) is 12.3. The predicted molar refractivity (Wildman–Crippen MR) is 116 cm³/mol. The van der Waals surface area contributed by atoms with Crippen molar-refractivity contribution in [2.24, 2.45) is 0 Å². The summed E-state index contributed by atoms with van der Waals surface area (Å²) in [7, 11) is 0. The summed E-state index contributed by atoms with van der Waals surface area (Å²) in [5, 5.41) is 4.02. The number of fused-ring (bicyclic) bond motifs is 5. The third-order valence-electron chi connectivity index (χ3n) is 5.31. The molecule has 1 heterocycles. The van der Waals surface area contributed by atoms with Crippen LogP contribution < -0.4 is 0 Å². The first-order valence-electron chi connectivity index (χ1n) is 8.83. The van der Waals surface area contributed by atoms with Crippen LogP contribution in [0.4, 0.5) is 0 Å². The average molecular weight is 378 g/mol. The summed E-state index contributed by atoms with van der Waals surface area (Å²) in [4.78, 5) is 6.41. The van der Waals surface area contributed by atoms with Crippen LogP contribution in [-0.2, 0) is 12.8 Å². The van der Waals surface area contributed by atoms with Crippen molar-refractivity contribution >= 4 is 45.8 Å². The van der Waals surface area contributed by atoms with Crippen molar-refractivity contribution in [3.05, 3.63) is 71.8 Å². The Balaban J connectivity index is 0.00000168. The van der Waals surface area contributed by atoms with E-state index in [1.54, 1.807) is 11.8 Å². The van der Waals surface area contributed by atoms with Crippen molar-refractivity contribution in [2.75, 3.05) is 6.26 Å². The SMILES string of the molecule is CSc1ccc(-c2nc3ccc4ccccc4c3c3c2CCC3)cc1.Cl. The van der Waals surface area contributed by atoms with Gasteiger partial charge in [-0.3, -0.25) is 0 Å². The lowest BCUT2D eigenvalue weighted by molar-refractivity contribution is 0.913. The van der Waals surface area contributed by atoms with Crippen molar-refractivity contribution in [1.29, 1.82) is 0 Å². The van der Waals surface area contributed by atoms with Crippen LogP contribution in [0, 0.1) is 0 Å². The Kier molecular flexibility index (Phi) is 4.64. The highest BCUT2D eigenvalue weighted by Crippen LogP contribution is 2.39. The van der Waals surface area contributed by atoms with Gasteiger partial charge >= 0.3 is 0 Å². The number of thioether (sulfide) groups is 1. The van der Waals surface area contributed by atoms with E-state index in [0.717, 1.165) is 18.4 Å². The van der Waals surface area contributed by atoms with Gasteiger partial charge in [-0.1, -0.05) is 42.5 Å². The molecule has 0 amide bonds. The van der Waals surface area contributed by atoms with Crippen molar-refractivity contribution in [3.8, 4) is 11.3 Å². The second-order valence-corrected chi connectivity index (χ2v) is 7.56. The van der Waals surface area contributed by atoms with Crippen molar-refractivity contribution in [1.82, 2.24) is 4.98 Å². The zero-order valence-electron chi connectivity index (χ0n) is 14.7. The third kappa shape index (κ3) is 2.69. The van der Waals surface area contributed by atoms with Crippen LogP contribution in [0.3, 0.4) is 0 Å². The van der Waals surface area contributed by atoms with Crippen LogP contribution >= 0.6 is 24.2 Å². The molecule has 0 saturated carbocycles. The van der Waals surface area contributed by atoms with Gasteiger partial charge < -0.3 is 0 Å². The van der Waals surface area contributed by atoms with Gasteiger partial charge in [0.2, 0.25) is 0 Å². The van der Waals surface area contributed by atoms with Crippen molar-refractivity contribution < 1.29 is 0 Å². The fraction of sp³-hybridized carbons (Fsp3) is 0.174. The number of aromatic nitrogens is 1. The maximum absolute atomic E-state index is 5.12. The molecule has 0 spiro atoms. The van der Waals surface area contributed by atoms with Gasteiger partial charge in [0.25, 0.3) is 0 Å². The minimum absolute atomic E-state index is 0. The van der Waals surface area contributed by atoms with E-state index in [1.807, 2.05) is 0 Å². The summed E-state index contributed by atoms with van der Waals surface area (Å²) in [5.74, 6) is 0. The first kappa shape index (κ1) is 17.4. The Morgan fingerprint density at radius 2 is 1.62 bits per heavy atom. The molecule has 0 saturated heterocycles. The molecule has 1 aromatic heterocycles. The summed E-state index contributed by atoms with van der Waals surface area (Å²) >= 11 is 1.78. The Hall–Kier alpha value is -2.03. The van der Waals surface area contributed by atoms with E-state index in [-0.39, 0.29) is 12.4 Å². The summed E-state index contributed by atoms with van der Waals surface area (Å²) in [6.07, 6.45) is 5.65. The zero-order valence-corrected chi connectivity index (χ0v) is 16.3. The number of rotatable bonds is 2. The topological polar surface area (TPSA) is 12.9 Å². The predicted octanol–water partition coefficient (Wildman–Crippen LogP) is 6.69. The minimum atomic E-state index is 0. The molecule has 3 heteroatoms. The van der Waals surface area contributed by atoms with E-state index < -0.39 is 0 Å². The number of halogens is 1. The third-order valence-corrected chi connectivity index (χ3v) is 6.05. The second kappa shape index (κ2) is 6.94. The number of aryl methyl sites for hydroxylation is 1. The molecular weight excluding hydrogens is 358 g/mol. The molecule has 5 rings (SSSR count). The molecule has 0 N–H and O–H groups in total. The maximum Gasteiger partial charge on any atom is 0.0744 e. The largest absolute Gasteiger partial charge is 0.247 e. The van der Waals surface area contributed by atoms with Gasteiger partial charge in [0, 0.05) is 15.8 Å².